The fourth-order valence-corrected chi connectivity index (χ4v) is 2.15. The highest BCUT2D eigenvalue weighted by Crippen LogP contribution is 2.30. The summed E-state index contributed by atoms with van der Waals surface area (Å²) in [5.74, 6) is 0.628. The Bertz CT molecular complexity index is 548. The van der Waals surface area contributed by atoms with Gasteiger partial charge in [-0.15, -0.1) is 0 Å². The fourth-order valence-electron chi connectivity index (χ4n) is 1.57. The van der Waals surface area contributed by atoms with Gasteiger partial charge < -0.3 is 10.1 Å². The number of benzene rings is 1. The lowest BCUT2D eigenvalue weighted by Crippen LogP contribution is -2.03. The highest BCUT2D eigenvalue weighted by molar-refractivity contribution is 9.10. The summed E-state index contributed by atoms with van der Waals surface area (Å²) in [6, 6.07) is 9.54. The standard InChI is InChI=1S/C13H12BrClN2O/c1-18-13-9(4-3-7-16-13)8-17-11-6-2-5-10(15)12(11)14/h2-7,17H,8H2,1H3. The van der Waals surface area contributed by atoms with Crippen LogP contribution in [0.1, 0.15) is 5.56 Å². The molecule has 0 atom stereocenters. The number of methoxy groups -OCH3 is 1. The van der Waals surface area contributed by atoms with Gasteiger partial charge in [0.1, 0.15) is 0 Å². The number of rotatable bonds is 4. The molecule has 5 heteroatoms. The Morgan fingerprint density at radius 2 is 2.17 bits per heavy atom. The zero-order chi connectivity index (χ0) is 13.0. The van der Waals surface area contributed by atoms with E-state index in [-0.39, 0.29) is 0 Å². The second kappa shape index (κ2) is 6.07. The number of halogens is 2. The van der Waals surface area contributed by atoms with Crippen LogP contribution in [0.4, 0.5) is 5.69 Å². The van der Waals surface area contributed by atoms with Crippen molar-refractivity contribution in [3.8, 4) is 5.88 Å². The number of aromatic nitrogens is 1. The van der Waals surface area contributed by atoms with Crippen molar-refractivity contribution in [2.24, 2.45) is 0 Å². The van der Waals surface area contributed by atoms with Gasteiger partial charge >= 0.3 is 0 Å². The highest BCUT2D eigenvalue weighted by Gasteiger charge is 2.06. The molecule has 0 aliphatic rings. The van der Waals surface area contributed by atoms with E-state index < -0.39 is 0 Å². The molecule has 0 spiro atoms. The van der Waals surface area contributed by atoms with Gasteiger partial charge in [0.2, 0.25) is 5.88 Å². The van der Waals surface area contributed by atoms with Gasteiger partial charge in [-0.1, -0.05) is 23.7 Å². The van der Waals surface area contributed by atoms with E-state index in [1.165, 1.54) is 0 Å². The third-order valence-corrected chi connectivity index (χ3v) is 3.86. The molecule has 1 N–H and O–H groups in total. The van der Waals surface area contributed by atoms with Crippen LogP contribution in [0.5, 0.6) is 5.88 Å². The van der Waals surface area contributed by atoms with E-state index in [1.807, 2.05) is 30.3 Å². The second-order valence-corrected chi connectivity index (χ2v) is 4.83. The SMILES string of the molecule is COc1ncccc1CNc1cccc(Cl)c1Br. The monoisotopic (exact) mass is 326 g/mol. The van der Waals surface area contributed by atoms with Gasteiger partial charge in [-0.3, -0.25) is 0 Å². The molecule has 0 aliphatic carbocycles. The minimum atomic E-state index is 0.621. The van der Waals surface area contributed by atoms with E-state index in [2.05, 4.69) is 26.2 Å². The van der Waals surface area contributed by atoms with E-state index in [1.54, 1.807) is 13.3 Å². The molecule has 94 valence electrons. The van der Waals surface area contributed by atoms with Gasteiger partial charge in [-0.25, -0.2) is 4.98 Å². The number of hydrogen-bond donors (Lipinski definition) is 1. The number of anilines is 1. The van der Waals surface area contributed by atoms with Crippen molar-refractivity contribution in [1.29, 1.82) is 0 Å². The molecular formula is C13H12BrClN2O. The van der Waals surface area contributed by atoms with Crippen LogP contribution in [0.3, 0.4) is 0 Å². The summed E-state index contributed by atoms with van der Waals surface area (Å²) in [4.78, 5) is 4.15. The highest BCUT2D eigenvalue weighted by atomic mass is 79.9. The van der Waals surface area contributed by atoms with E-state index in [9.17, 15) is 0 Å². The first-order valence-corrected chi connectivity index (χ1v) is 6.55. The maximum atomic E-state index is 6.03. The molecule has 1 heterocycles. The molecule has 1 aromatic carbocycles. The summed E-state index contributed by atoms with van der Waals surface area (Å²) in [5, 5.41) is 3.97. The first kappa shape index (κ1) is 13.2. The third-order valence-electron chi connectivity index (χ3n) is 2.46. The zero-order valence-electron chi connectivity index (χ0n) is 9.78. The van der Waals surface area contributed by atoms with Gasteiger partial charge in [-0.2, -0.15) is 0 Å². The van der Waals surface area contributed by atoms with Crippen LogP contribution < -0.4 is 10.1 Å². The van der Waals surface area contributed by atoms with Crippen molar-refractivity contribution in [3.63, 3.8) is 0 Å². The van der Waals surface area contributed by atoms with Gasteiger partial charge in [0.25, 0.3) is 0 Å². The predicted octanol–water partition coefficient (Wildman–Crippen LogP) is 4.12. The van der Waals surface area contributed by atoms with Crippen LogP contribution in [0.15, 0.2) is 41.0 Å². The molecule has 0 aliphatic heterocycles. The summed E-state index contributed by atoms with van der Waals surface area (Å²) in [5.41, 5.74) is 1.93. The lowest BCUT2D eigenvalue weighted by molar-refractivity contribution is 0.393. The maximum absolute atomic E-state index is 6.03. The average molecular weight is 328 g/mol. The maximum Gasteiger partial charge on any atom is 0.218 e. The van der Waals surface area contributed by atoms with Crippen molar-refractivity contribution in [1.82, 2.24) is 4.98 Å². The lowest BCUT2D eigenvalue weighted by atomic mass is 10.2. The van der Waals surface area contributed by atoms with Gasteiger partial charge in [0.15, 0.2) is 0 Å². The Morgan fingerprint density at radius 3 is 2.94 bits per heavy atom. The summed E-state index contributed by atoms with van der Waals surface area (Å²) < 4.78 is 6.05. The first-order chi connectivity index (χ1) is 8.72. The Balaban J connectivity index is 2.14. The predicted molar refractivity (Wildman–Crippen MR) is 77.3 cm³/mol. The smallest absolute Gasteiger partial charge is 0.218 e. The fraction of sp³-hybridized carbons (Fsp3) is 0.154. The van der Waals surface area contributed by atoms with Crippen molar-refractivity contribution in [2.75, 3.05) is 12.4 Å². The molecule has 2 aromatic rings. The molecule has 0 bridgehead atoms. The normalized spacial score (nSPS) is 10.2. The first-order valence-electron chi connectivity index (χ1n) is 5.38. The second-order valence-electron chi connectivity index (χ2n) is 3.63. The van der Waals surface area contributed by atoms with Crippen molar-refractivity contribution >= 4 is 33.2 Å². The van der Waals surface area contributed by atoms with Crippen molar-refractivity contribution in [2.45, 2.75) is 6.54 Å². The Hall–Kier alpha value is -1.26. The quantitative estimate of drug-likeness (QED) is 0.917. The molecule has 0 radical (unpaired) electrons. The summed E-state index contributed by atoms with van der Waals surface area (Å²) in [6.45, 7) is 0.621. The number of nitrogens with zero attached hydrogens (tertiary/aromatic N) is 1. The van der Waals surface area contributed by atoms with Crippen molar-refractivity contribution < 1.29 is 4.74 Å². The number of nitrogens with one attached hydrogen (secondary N) is 1. The molecule has 3 nitrogen and oxygen atoms in total. The molecule has 2 rings (SSSR count). The van der Waals surface area contributed by atoms with Crippen LogP contribution >= 0.6 is 27.5 Å². The van der Waals surface area contributed by atoms with Crippen LogP contribution in [0.25, 0.3) is 0 Å². The molecular weight excluding hydrogens is 316 g/mol. The number of ether oxygens (including phenoxy) is 1. The minimum absolute atomic E-state index is 0.621. The molecule has 0 unspecified atom stereocenters. The van der Waals surface area contributed by atoms with Crippen molar-refractivity contribution in [3.05, 3.63) is 51.6 Å². The van der Waals surface area contributed by atoms with Crippen LogP contribution in [0, 0.1) is 0 Å². The molecule has 0 saturated carbocycles. The number of hydrogen-bond acceptors (Lipinski definition) is 3. The van der Waals surface area contributed by atoms with Gasteiger partial charge in [0.05, 0.1) is 22.3 Å². The van der Waals surface area contributed by atoms with Crippen LogP contribution in [0.2, 0.25) is 5.02 Å². The number of pyridine rings is 1. The van der Waals surface area contributed by atoms with E-state index in [0.29, 0.717) is 17.4 Å². The molecule has 18 heavy (non-hydrogen) atoms. The van der Waals surface area contributed by atoms with E-state index >= 15 is 0 Å². The van der Waals surface area contributed by atoms with Gasteiger partial charge in [-0.05, 0) is 34.1 Å². The Labute approximate surface area is 119 Å². The van der Waals surface area contributed by atoms with E-state index in [0.717, 1.165) is 15.7 Å². The van der Waals surface area contributed by atoms with Crippen LogP contribution in [-0.4, -0.2) is 12.1 Å². The Kier molecular flexibility index (Phi) is 4.44. The summed E-state index contributed by atoms with van der Waals surface area (Å²) in [7, 11) is 1.61. The molecule has 0 amide bonds. The largest absolute Gasteiger partial charge is 0.481 e. The molecule has 0 saturated heterocycles. The zero-order valence-corrected chi connectivity index (χ0v) is 12.1. The minimum Gasteiger partial charge on any atom is -0.481 e. The summed E-state index contributed by atoms with van der Waals surface area (Å²) in [6.07, 6.45) is 1.71. The average Bonchev–Trinajstić information content (AvgIpc) is 2.41. The Morgan fingerprint density at radius 1 is 1.33 bits per heavy atom. The third kappa shape index (κ3) is 2.94. The molecule has 1 aromatic heterocycles. The molecule has 0 fully saturated rings. The van der Waals surface area contributed by atoms with E-state index in [4.69, 9.17) is 16.3 Å². The van der Waals surface area contributed by atoms with Crippen LogP contribution in [-0.2, 0) is 6.54 Å². The van der Waals surface area contributed by atoms with Gasteiger partial charge in [0, 0.05) is 18.3 Å². The summed E-state index contributed by atoms with van der Waals surface area (Å²) >= 11 is 9.48. The lowest BCUT2D eigenvalue weighted by Gasteiger charge is -2.11. The topological polar surface area (TPSA) is 34.1 Å².